The zero-order valence-corrected chi connectivity index (χ0v) is 11.3. The third kappa shape index (κ3) is 3.63. The van der Waals surface area contributed by atoms with Crippen LogP contribution in [0.3, 0.4) is 0 Å². The number of nitrogens with zero attached hydrogens (tertiary/aromatic N) is 1. The molecule has 0 aliphatic carbocycles. The zero-order chi connectivity index (χ0) is 13.7. The topological polar surface area (TPSA) is 64.8 Å². The van der Waals surface area contributed by atoms with E-state index in [4.69, 9.17) is 15.2 Å². The summed E-state index contributed by atoms with van der Waals surface area (Å²) in [7, 11) is 4.95. The van der Waals surface area contributed by atoms with Crippen molar-refractivity contribution in [1.82, 2.24) is 4.90 Å². The molecule has 0 heterocycles. The van der Waals surface area contributed by atoms with Crippen LogP contribution in [0.2, 0.25) is 0 Å². The number of amides is 1. The van der Waals surface area contributed by atoms with Gasteiger partial charge < -0.3 is 20.1 Å². The summed E-state index contributed by atoms with van der Waals surface area (Å²) >= 11 is 0. The fraction of sp³-hybridized carbons (Fsp3) is 0.462. The molecule has 5 nitrogen and oxygen atoms in total. The Bertz CT molecular complexity index is 417. The van der Waals surface area contributed by atoms with E-state index in [1.165, 1.54) is 4.90 Å². The molecule has 0 saturated heterocycles. The Morgan fingerprint density at radius 2 is 2.11 bits per heavy atom. The van der Waals surface area contributed by atoms with Crippen LogP contribution in [0.5, 0.6) is 11.5 Å². The summed E-state index contributed by atoms with van der Waals surface area (Å²) in [6, 6.07) is 5.24. The molecule has 0 aromatic heterocycles. The largest absolute Gasteiger partial charge is 0.497 e. The molecule has 5 heteroatoms. The van der Waals surface area contributed by atoms with Gasteiger partial charge in [0.25, 0.3) is 5.91 Å². The lowest BCUT2D eigenvalue weighted by Crippen LogP contribution is -2.27. The second kappa shape index (κ2) is 6.26. The van der Waals surface area contributed by atoms with Gasteiger partial charge in [0.1, 0.15) is 11.5 Å². The molecule has 0 radical (unpaired) electrons. The van der Waals surface area contributed by atoms with Gasteiger partial charge in [-0.25, -0.2) is 0 Å². The monoisotopic (exact) mass is 252 g/mol. The molecule has 2 N–H and O–H groups in total. The molecule has 0 bridgehead atoms. The van der Waals surface area contributed by atoms with Crippen LogP contribution in [0.4, 0.5) is 0 Å². The van der Waals surface area contributed by atoms with Crippen LogP contribution in [0.25, 0.3) is 0 Å². The highest BCUT2D eigenvalue weighted by Gasteiger charge is 2.12. The second-order valence-corrected chi connectivity index (χ2v) is 4.27. The van der Waals surface area contributed by atoms with Crippen molar-refractivity contribution in [2.45, 2.75) is 13.0 Å². The summed E-state index contributed by atoms with van der Waals surface area (Å²) in [4.78, 5) is 13.0. The molecule has 0 aliphatic rings. The predicted octanol–water partition coefficient (Wildman–Crippen LogP) is 1.18. The second-order valence-electron chi connectivity index (χ2n) is 4.27. The maximum atomic E-state index is 11.5. The van der Waals surface area contributed by atoms with Gasteiger partial charge in [0.05, 0.1) is 7.11 Å². The molecule has 1 unspecified atom stereocenters. The molecule has 1 atom stereocenters. The lowest BCUT2D eigenvalue weighted by Gasteiger charge is -2.16. The Hall–Kier alpha value is -1.75. The van der Waals surface area contributed by atoms with Gasteiger partial charge in [-0.3, -0.25) is 4.79 Å². The quantitative estimate of drug-likeness (QED) is 0.854. The molecule has 1 amide bonds. The molecular weight excluding hydrogens is 232 g/mol. The van der Waals surface area contributed by atoms with Crippen LogP contribution in [0.15, 0.2) is 18.2 Å². The number of benzene rings is 1. The minimum absolute atomic E-state index is 0.0140. The average molecular weight is 252 g/mol. The van der Waals surface area contributed by atoms with Gasteiger partial charge in [-0.05, 0) is 13.0 Å². The third-order valence-electron chi connectivity index (χ3n) is 2.56. The molecular formula is C13H20N2O3. The highest BCUT2D eigenvalue weighted by atomic mass is 16.5. The average Bonchev–Trinajstić information content (AvgIpc) is 2.34. The summed E-state index contributed by atoms with van der Waals surface area (Å²) in [5.74, 6) is 1.15. The van der Waals surface area contributed by atoms with E-state index in [-0.39, 0.29) is 18.6 Å². The molecule has 1 rings (SSSR count). The first-order valence-electron chi connectivity index (χ1n) is 5.72. The minimum Gasteiger partial charge on any atom is -0.497 e. The van der Waals surface area contributed by atoms with E-state index in [2.05, 4.69) is 0 Å². The summed E-state index contributed by atoms with van der Waals surface area (Å²) in [6.45, 7) is 1.85. The van der Waals surface area contributed by atoms with Gasteiger partial charge in [-0.2, -0.15) is 0 Å². The lowest BCUT2D eigenvalue weighted by atomic mass is 10.1. The van der Waals surface area contributed by atoms with Crippen molar-refractivity contribution in [2.75, 3.05) is 27.8 Å². The molecule has 0 fully saturated rings. The number of rotatable bonds is 5. The number of carbonyl (C=O) groups is 1. The molecule has 100 valence electrons. The minimum atomic E-state index is -0.166. The highest BCUT2D eigenvalue weighted by molar-refractivity contribution is 5.77. The van der Waals surface area contributed by atoms with Crippen molar-refractivity contribution >= 4 is 5.91 Å². The molecule has 18 heavy (non-hydrogen) atoms. The Labute approximate surface area is 107 Å². The number of likely N-dealkylation sites (N-methyl/N-ethyl adjacent to an activating group) is 1. The fourth-order valence-corrected chi connectivity index (χ4v) is 1.41. The van der Waals surface area contributed by atoms with Crippen LogP contribution in [0, 0.1) is 0 Å². The van der Waals surface area contributed by atoms with E-state index >= 15 is 0 Å². The van der Waals surface area contributed by atoms with E-state index in [9.17, 15) is 4.79 Å². The van der Waals surface area contributed by atoms with Gasteiger partial charge in [0.15, 0.2) is 6.61 Å². The van der Waals surface area contributed by atoms with Crippen molar-refractivity contribution in [1.29, 1.82) is 0 Å². The number of carbonyl (C=O) groups excluding carboxylic acids is 1. The SMILES string of the molecule is COc1ccc(C(C)N)c(OCC(=O)N(C)C)c1. The van der Waals surface area contributed by atoms with Gasteiger partial charge in [0.2, 0.25) is 0 Å². The van der Waals surface area contributed by atoms with Crippen molar-refractivity contribution in [3.05, 3.63) is 23.8 Å². The van der Waals surface area contributed by atoms with Gasteiger partial charge in [0, 0.05) is 31.8 Å². The lowest BCUT2D eigenvalue weighted by molar-refractivity contribution is -0.130. The van der Waals surface area contributed by atoms with Gasteiger partial charge in [-0.1, -0.05) is 6.07 Å². The van der Waals surface area contributed by atoms with Crippen LogP contribution in [0.1, 0.15) is 18.5 Å². The van der Waals surface area contributed by atoms with Crippen LogP contribution >= 0.6 is 0 Å². The summed E-state index contributed by atoms with van der Waals surface area (Å²) in [6.07, 6.45) is 0. The summed E-state index contributed by atoms with van der Waals surface area (Å²) in [5.41, 5.74) is 6.71. The van der Waals surface area contributed by atoms with E-state index in [0.29, 0.717) is 11.5 Å². The maximum Gasteiger partial charge on any atom is 0.259 e. The highest BCUT2D eigenvalue weighted by Crippen LogP contribution is 2.28. The summed E-state index contributed by atoms with van der Waals surface area (Å²) < 4.78 is 10.6. The van der Waals surface area contributed by atoms with Crippen molar-refractivity contribution in [3.63, 3.8) is 0 Å². The Morgan fingerprint density at radius 1 is 1.44 bits per heavy atom. The van der Waals surface area contributed by atoms with Gasteiger partial charge >= 0.3 is 0 Å². The third-order valence-corrected chi connectivity index (χ3v) is 2.56. The number of methoxy groups -OCH3 is 1. The fourth-order valence-electron chi connectivity index (χ4n) is 1.41. The predicted molar refractivity (Wildman–Crippen MR) is 69.8 cm³/mol. The Morgan fingerprint density at radius 3 is 2.61 bits per heavy atom. The van der Waals surface area contributed by atoms with Crippen LogP contribution < -0.4 is 15.2 Å². The first kappa shape index (κ1) is 14.3. The van der Waals surface area contributed by atoms with Crippen LogP contribution in [-0.2, 0) is 4.79 Å². The van der Waals surface area contributed by atoms with E-state index in [1.54, 1.807) is 27.3 Å². The van der Waals surface area contributed by atoms with Crippen LogP contribution in [-0.4, -0.2) is 38.6 Å². The molecule has 1 aromatic carbocycles. The van der Waals surface area contributed by atoms with E-state index < -0.39 is 0 Å². The molecule has 0 spiro atoms. The van der Waals surface area contributed by atoms with Crippen molar-refractivity contribution < 1.29 is 14.3 Å². The molecule has 0 aliphatic heterocycles. The molecule has 0 saturated carbocycles. The number of hydrogen-bond acceptors (Lipinski definition) is 4. The van der Waals surface area contributed by atoms with Crippen molar-refractivity contribution in [3.8, 4) is 11.5 Å². The first-order valence-corrected chi connectivity index (χ1v) is 5.72. The number of ether oxygens (including phenoxy) is 2. The van der Waals surface area contributed by atoms with Crippen molar-refractivity contribution in [2.24, 2.45) is 5.73 Å². The standard InChI is InChI=1S/C13H20N2O3/c1-9(14)11-6-5-10(17-4)7-12(11)18-8-13(16)15(2)3/h5-7,9H,8,14H2,1-4H3. The Balaban J connectivity index is 2.87. The smallest absolute Gasteiger partial charge is 0.259 e. The summed E-state index contributed by atoms with van der Waals surface area (Å²) in [5, 5.41) is 0. The first-order chi connectivity index (χ1) is 8.45. The maximum absolute atomic E-state index is 11.5. The normalized spacial score (nSPS) is 11.8. The van der Waals surface area contributed by atoms with Gasteiger partial charge in [-0.15, -0.1) is 0 Å². The number of nitrogens with two attached hydrogens (primary N) is 1. The zero-order valence-electron chi connectivity index (χ0n) is 11.3. The Kier molecular flexibility index (Phi) is 4.97. The van der Waals surface area contributed by atoms with E-state index in [0.717, 1.165) is 5.56 Å². The molecule has 1 aromatic rings. The number of hydrogen-bond donors (Lipinski definition) is 1. The van der Waals surface area contributed by atoms with E-state index in [1.807, 2.05) is 19.1 Å².